The van der Waals surface area contributed by atoms with Crippen LogP contribution in [0.1, 0.15) is 61.3 Å². The molecule has 0 bridgehead atoms. The molecular formula is C14H30O2. The molecule has 0 saturated heterocycles. The topological polar surface area (TPSA) is 29.5 Å². The monoisotopic (exact) mass is 230 g/mol. The summed E-state index contributed by atoms with van der Waals surface area (Å²) >= 11 is 0. The van der Waals surface area contributed by atoms with Gasteiger partial charge in [-0.15, -0.1) is 0 Å². The van der Waals surface area contributed by atoms with Crippen molar-refractivity contribution < 1.29 is 9.84 Å². The van der Waals surface area contributed by atoms with Crippen LogP contribution >= 0.6 is 0 Å². The fourth-order valence-electron chi connectivity index (χ4n) is 1.30. The third kappa shape index (κ3) is 5.31. The van der Waals surface area contributed by atoms with Gasteiger partial charge in [-0.05, 0) is 37.5 Å². The maximum absolute atomic E-state index is 8.91. The molecule has 2 nitrogen and oxygen atoms in total. The highest BCUT2D eigenvalue weighted by atomic mass is 16.5. The molecule has 0 aliphatic carbocycles. The molecule has 0 saturated carbocycles. The van der Waals surface area contributed by atoms with Gasteiger partial charge in [0, 0.05) is 13.2 Å². The fourth-order valence-corrected chi connectivity index (χ4v) is 1.30. The second kappa shape index (κ2) is 5.50. The minimum Gasteiger partial charge on any atom is -0.396 e. The van der Waals surface area contributed by atoms with Crippen molar-refractivity contribution in [3.05, 3.63) is 0 Å². The number of aliphatic hydroxyl groups excluding tert-OH is 1. The van der Waals surface area contributed by atoms with Crippen molar-refractivity contribution in [1.29, 1.82) is 0 Å². The summed E-state index contributed by atoms with van der Waals surface area (Å²) < 4.78 is 5.84. The lowest BCUT2D eigenvalue weighted by Crippen LogP contribution is -2.33. The van der Waals surface area contributed by atoms with Gasteiger partial charge < -0.3 is 9.84 Å². The number of rotatable bonds is 6. The second-order valence-corrected chi connectivity index (χ2v) is 6.97. The van der Waals surface area contributed by atoms with Crippen molar-refractivity contribution >= 4 is 0 Å². The summed E-state index contributed by atoms with van der Waals surface area (Å²) in [5.41, 5.74) is 0.350. The molecule has 16 heavy (non-hydrogen) atoms. The van der Waals surface area contributed by atoms with Gasteiger partial charge in [0.25, 0.3) is 0 Å². The largest absolute Gasteiger partial charge is 0.396 e. The molecule has 0 fully saturated rings. The van der Waals surface area contributed by atoms with Crippen LogP contribution < -0.4 is 0 Å². The Hall–Kier alpha value is -0.0800. The summed E-state index contributed by atoms with van der Waals surface area (Å²) in [7, 11) is 0. The van der Waals surface area contributed by atoms with Crippen LogP contribution in [0.4, 0.5) is 0 Å². The zero-order valence-electron chi connectivity index (χ0n) is 12.2. The van der Waals surface area contributed by atoms with E-state index in [1.807, 2.05) is 13.8 Å². The summed E-state index contributed by atoms with van der Waals surface area (Å²) in [6.45, 7) is 16.4. The van der Waals surface area contributed by atoms with E-state index in [1.54, 1.807) is 0 Å². The normalized spacial score (nSPS) is 14.2. The Labute approximate surface area is 101 Å². The molecule has 0 atom stereocenters. The second-order valence-electron chi connectivity index (χ2n) is 6.97. The average molecular weight is 230 g/mol. The average Bonchev–Trinajstić information content (AvgIpc) is 2.00. The number of hydrogen-bond donors (Lipinski definition) is 1. The molecule has 0 spiro atoms. The maximum Gasteiger partial charge on any atom is 0.0648 e. The van der Waals surface area contributed by atoms with Crippen LogP contribution in [0.15, 0.2) is 0 Å². The highest BCUT2D eigenvalue weighted by Crippen LogP contribution is 2.40. The van der Waals surface area contributed by atoms with Gasteiger partial charge in [-0.1, -0.05) is 34.6 Å². The first-order valence-electron chi connectivity index (χ1n) is 6.27. The Morgan fingerprint density at radius 2 is 1.38 bits per heavy atom. The van der Waals surface area contributed by atoms with Gasteiger partial charge in [0.2, 0.25) is 0 Å². The highest BCUT2D eigenvalue weighted by Gasteiger charge is 2.32. The first-order valence-corrected chi connectivity index (χ1v) is 6.27. The van der Waals surface area contributed by atoms with Crippen LogP contribution in [0.2, 0.25) is 0 Å². The van der Waals surface area contributed by atoms with E-state index in [2.05, 4.69) is 34.6 Å². The molecule has 0 amide bonds. The van der Waals surface area contributed by atoms with Crippen LogP contribution in [0.5, 0.6) is 0 Å². The van der Waals surface area contributed by atoms with Crippen LogP contribution in [0.3, 0.4) is 0 Å². The van der Waals surface area contributed by atoms with Gasteiger partial charge in [-0.3, -0.25) is 0 Å². The number of aliphatic hydroxyl groups is 1. The van der Waals surface area contributed by atoms with E-state index in [4.69, 9.17) is 9.84 Å². The van der Waals surface area contributed by atoms with E-state index in [0.29, 0.717) is 6.42 Å². The zero-order chi connectivity index (χ0) is 13.0. The highest BCUT2D eigenvalue weighted by molar-refractivity contribution is 4.82. The first kappa shape index (κ1) is 15.9. The molecule has 0 aromatic rings. The Morgan fingerprint density at radius 3 is 1.75 bits per heavy atom. The van der Waals surface area contributed by atoms with Crippen molar-refractivity contribution in [3.63, 3.8) is 0 Å². The van der Waals surface area contributed by atoms with Gasteiger partial charge in [0.05, 0.1) is 5.60 Å². The van der Waals surface area contributed by atoms with E-state index in [9.17, 15) is 0 Å². The maximum atomic E-state index is 8.91. The first-order chi connectivity index (χ1) is 7.02. The molecule has 0 aromatic heterocycles. The lowest BCUT2D eigenvalue weighted by Gasteiger charge is -2.39. The summed E-state index contributed by atoms with van der Waals surface area (Å²) in [5.74, 6) is 0. The molecule has 0 radical (unpaired) electrons. The zero-order valence-corrected chi connectivity index (χ0v) is 12.2. The standard InChI is InChI=1S/C14H30O2/c1-12(2,3)13(4,5)9-11-16-14(6,7)8-10-15/h15H,8-11H2,1-7H3. The van der Waals surface area contributed by atoms with Gasteiger partial charge >= 0.3 is 0 Å². The number of hydrogen-bond acceptors (Lipinski definition) is 2. The Balaban J connectivity index is 4.08. The predicted molar refractivity (Wildman–Crippen MR) is 69.6 cm³/mol. The predicted octanol–water partition coefficient (Wildman–Crippen LogP) is 3.63. The third-order valence-electron chi connectivity index (χ3n) is 3.96. The summed E-state index contributed by atoms with van der Waals surface area (Å²) in [4.78, 5) is 0. The van der Waals surface area contributed by atoms with Crippen molar-refractivity contribution in [2.45, 2.75) is 66.9 Å². The molecule has 0 heterocycles. The number of ether oxygens (including phenoxy) is 1. The third-order valence-corrected chi connectivity index (χ3v) is 3.96. The molecule has 98 valence electrons. The minimum atomic E-state index is -0.206. The van der Waals surface area contributed by atoms with Crippen molar-refractivity contribution in [2.24, 2.45) is 10.8 Å². The van der Waals surface area contributed by atoms with Crippen molar-refractivity contribution in [1.82, 2.24) is 0 Å². The van der Waals surface area contributed by atoms with Gasteiger partial charge in [-0.25, -0.2) is 0 Å². The van der Waals surface area contributed by atoms with Crippen LogP contribution in [-0.4, -0.2) is 23.9 Å². The summed E-state index contributed by atoms with van der Waals surface area (Å²) in [6, 6.07) is 0. The summed E-state index contributed by atoms with van der Waals surface area (Å²) in [6.07, 6.45) is 1.74. The van der Waals surface area contributed by atoms with Crippen LogP contribution in [-0.2, 0) is 4.74 Å². The van der Waals surface area contributed by atoms with Crippen molar-refractivity contribution in [3.8, 4) is 0 Å². The van der Waals surface area contributed by atoms with E-state index in [-0.39, 0.29) is 23.0 Å². The van der Waals surface area contributed by atoms with Crippen LogP contribution in [0, 0.1) is 10.8 Å². The Morgan fingerprint density at radius 1 is 0.875 bits per heavy atom. The van der Waals surface area contributed by atoms with E-state index in [0.717, 1.165) is 13.0 Å². The Kier molecular flexibility index (Phi) is 5.48. The molecule has 0 aliphatic rings. The fraction of sp³-hybridized carbons (Fsp3) is 1.00. The lowest BCUT2D eigenvalue weighted by molar-refractivity contribution is -0.0521. The van der Waals surface area contributed by atoms with Gasteiger partial charge in [0.15, 0.2) is 0 Å². The lowest BCUT2D eigenvalue weighted by atomic mass is 9.67. The SMILES string of the molecule is CC(C)(CCO)OCCC(C)(C)C(C)(C)C. The van der Waals surface area contributed by atoms with Gasteiger partial charge in [-0.2, -0.15) is 0 Å². The molecule has 0 aromatic carbocycles. The smallest absolute Gasteiger partial charge is 0.0648 e. The van der Waals surface area contributed by atoms with Gasteiger partial charge in [0.1, 0.15) is 0 Å². The van der Waals surface area contributed by atoms with Crippen LogP contribution in [0.25, 0.3) is 0 Å². The van der Waals surface area contributed by atoms with E-state index < -0.39 is 0 Å². The molecule has 2 heteroatoms. The van der Waals surface area contributed by atoms with Crippen molar-refractivity contribution in [2.75, 3.05) is 13.2 Å². The van der Waals surface area contributed by atoms with E-state index >= 15 is 0 Å². The van der Waals surface area contributed by atoms with E-state index in [1.165, 1.54) is 0 Å². The minimum absolute atomic E-state index is 0.190. The molecule has 0 rings (SSSR count). The quantitative estimate of drug-likeness (QED) is 0.755. The molecule has 0 aliphatic heterocycles. The molecular weight excluding hydrogens is 200 g/mol. The molecule has 0 unspecified atom stereocenters. The Bertz CT molecular complexity index is 199. The summed E-state index contributed by atoms with van der Waals surface area (Å²) in [5, 5.41) is 8.91. The molecule has 1 N–H and O–H groups in total.